The van der Waals surface area contributed by atoms with Crippen molar-refractivity contribution in [3.63, 3.8) is 0 Å². The first-order valence-electron chi connectivity index (χ1n) is 5.23. The van der Waals surface area contributed by atoms with Crippen LogP contribution in [0.3, 0.4) is 0 Å². The predicted octanol–water partition coefficient (Wildman–Crippen LogP) is 4.87. The van der Waals surface area contributed by atoms with Gasteiger partial charge in [0.15, 0.2) is 5.78 Å². The van der Waals surface area contributed by atoms with Gasteiger partial charge in [-0.15, -0.1) is 11.8 Å². The summed E-state index contributed by atoms with van der Waals surface area (Å²) in [5.74, 6) is 1.07. The summed E-state index contributed by atoms with van der Waals surface area (Å²) < 4.78 is 5.17. The topological polar surface area (TPSA) is 30.2 Å². The number of carbonyl (C=O) groups excluding carboxylic acids is 1. The smallest absolute Gasteiger partial charge is 0.174 e. The summed E-state index contributed by atoms with van der Waals surface area (Å²) in [6.07, 6.45) is 1.61. The van der Waals surface area contributed by atoms with Gasteiger partial charge in [-0.05, 0) is 31.2 Å². The number of ketones is 1. The van der Waals surface area contributed by atoms with Crippen LogP contribution in [0.2, 0.25) is 10.0 Å². The van der Waals surface area contributed by atoms with E-state index in [0.717, 1.165) is 10.7 Å². The number of halogens is 2. The van der Waals surface area contributed by atoms with E-state index in [0.29, 0.717) is 21.4 Å². The van der Waals surface area contributed by atoms with Crippen molar-refractivity contribution in [2.75, 3.05) is 5.75 Å². The first-order chi connectivity index (χ1) is 8.58. The van der Waals surface area contributed by atoms with Crippen LogP contribution in [0.15, 0.2) is 39.8 Å². The van der Waals surface area contributed by atoms with Gasteiger partial charge in [-0.1, -0.05) is 23.2 Å². The number of furan rings is 1. The Balaban J connectivity index is 2.08. The van der Waals surface area contributed by atoms with Gasteiger partial charge in [0.2, 0.25) is 0 Å². The highest BCUT2D eigenvalue weighted by atomic mass is 35.5. The molecule has 0 amide bonds. The van der Waals surface area contributed by atoms with Gasteiger partial charge >= 0.3 is 0 Å². The van der Waals surface area contributed by atoms with Gasteiger partial charge in [-0.25, -0.2) is 0 Å². The average Bonchev–Trinajstić information content (AvgIpc) is 2.75. The minimum absolute atomic E-state index is 0.0481. The molecule has 0 unspecified atom stereocenters. The molecule has 0 aliphatic rings. The molecule has 18 heavy (non-hydrogen) atoms. The Morgan fingerprint density at radius 3 is 2.78 bits per heavy atom. The van der Waals surface area contributed by atoms with Crippen molar-refractivity contribution < 1.29 is 9.21 Å². The van der Waals surface area contributed by atoms with Crippen LogP contribution in [0.4, 0.5) is 0 Å². The van der Waals surface area contributed by atoms with Gasteiger partial charge in [0, 0.05) is 15.5 Å². The molecule has 2 rings (SSSR count). The summed E-state index contributed by atoms with van der Waals surface area (Å²) in [6.45, 7) is 1.86. The number of benzene rings is 1. The summed E-state index contributed by atoms with van der Waals surface area (Å²) in [7, 11) is 0. The highest BCUT2D eigenvalue weighted by molar-refractivity contribution is 8.00. The molecule has 0 radical (unpaired) electrons. The molecule has 1 aromatic heterocycles. The number of carbonyl (C=O) groups is 1. The monoisotopic (exact) mass is 300 g/mol. The van der Waals surface area contributed by atoms with Crippen molar-refractivity contribution in [3.8, 4) is 0 Å². The third-order valence-corrected chi connectivity index (χ3v) is 4.10. The molecule has 94 valence electrons. The molecule has 2 aromatic rings. The zero-order chi connectivity index (χ0) is 13.1. The van der Waals surface area contributed by atoms with E-state index in [1.165, 1.54) is 11.8 Å². The number of rotatable bonds is 4. The molecule has 1 aromatic carbocycles. The molecule has 2 nitrogen and oxygen atoms in total. The van der Waals surface area contributed by atoms with E-state index in [9.17, 15) is 4.79 Å². The Kier molecular flexibility index (Phi) is 4.38. The SMILES string of the molecule is Cc1occc1SCC(=O)c1cc(Cl)ccc1Cl. The lowest BCUT2D eigenvalue weighted by molar-refractivity contribution is 0.102. The number of hydrogen-bond donors (Lipinski definition) is 0. The van der Waals surface area contributed by atoms with Crippen LogP contribution >= 0.6 is 35.0 Å². The van der Waals surface area contributed by atoms with E-state index >= 15 is 0 Å². The fraction of sp³-hybridized carbons (Fsp3) is 0.154. The molecule has 0 saturated heterocycles. The Bertz CT molecular complexity index is 578. The van der Waals surface area contributed by atoms with Gasteiger partial charge in [-0.3, -0.25) is 4.79 Å². The van der Waals surface area contributed by atoms with Crippen LogP contribution in [-0.4, -0.2) is 11.5 Å². The van der Waals surface area contributed by atoms with Crippen molar-refractivity contribution in [2.24, 2.45) is 0 Å². The predicted molar refractivity (Wildman–Crippen MR) is 75.0 cm³/mol. The van der Waals surface area contributed by atoms with E-state index in [-0.39, 0.29) is 5.78 Å². The number of thioether (sulfide) groups is 1. The minimum Gasteiger partial charge on any atom is -0.468 e. The summed E-state index contributed by atoms with van der Waals surface area (Å²) in [5, 5.41) is 0.932. The molecule has 0 saturated carbocycles. The lowest BCUT2D eigenvalue weighted by Gasteiger charge is -2.03. The lowest BCUT2D eigenvalue weighted by atomic mass is 10.1. The summed E-state index contributed by atoms with van der Waals surface area (Å²) in [4.78, 5) is 13.0. The molecule has 0 aliphatic heterocycles. The maximum atomic E-state index is 12.0. The number of aryl methyl sites for hydroxylation is 1. The molecule has 0 fully saturated rings. The van der Waals surface area contributed by atoms with E-state index < -0.39 is 0 Å². The van der Waals surface area contributed by atoms with Crippen LogP contribution in [0, 0.1) is 6.92 Å². The van der Waals surface area contributed by atoms with E-state index in [1.807, 2.05) is 13.0 Å². The molecular formula is C13H10Cl2O2S. The second kappa shape index (κ2) is 5.83. The van der Waals surface area contributed by atoms with Crippen LogP contribution in [0.1, 0.15) is 16.1 Å². The maximum absolute atomic E-state index is 12.0. The fourth-order valence-corrected chi connectivity index (χ4v) is 2.70. The van der Waals surface area contributed by atoms with E-state index in [1.54, 1.807) is 24.5 Å². The first kappa shape index (κ1) is 13.5. The molecule has 0 spiro atoms. The standard InChI is InChI=1S/C13H10Cl2O2S/c1-8-13(4-5-17-8)18-7-12(16)10-6-9(14)2-3-11(10)15/h2-6H,7H2,1H3. The first-order valence-corrected chi connectivity index (χ1v) is 6.97. The van der Waals surface area contributed by atoms with Gasteiger partial charge in [0.05, 0.1) is 17.0 Å². The van der Waals surface area contributed by atoms with Crippen LogP contribution < -0.4 is 0 Å². The zero-order valence-electron chi connectivity index (χ0n) is 9.57. The van der Waals surface area contributed by atoms with Crippen molar-refractivity contribution in [1.29, 1.82) is 0 Å². The molecule has 0 bridgehead atoms. The summed E-state index contributed by atoms with van der Waals surface area (Å²) >= 11 is 13.3. The Morgan fingerprint density at radius 2 is 2.11 bits per heavy atom. The van der Waals surface area contributed by atoms with Gasteiger partial charge in [-0.2, -0.15) is 0 Å². The highest BCUT2D eigenvalue weighted by Crippen LogP contribution is 2.26. The van der Waals surface area contributed by atoms with Crippen LogP contribution in [-0.2, 0) is 0 Å². The minimum atomic E-state index is -0.0481. The lowest BCUT2D eigenvalue weighted by Crippen LogP contribution is -2.03. The Labute approximate surface area is 119 Å². The second-order valence-corrected chi connectivity index (χ2v) is 5.54. The van der Waals surface area contributed by atoms with Crippen molar-refractivity contribution in [2.45, 2.75) is 11.8 Å². The molecule has 1 heterocycles. The molecule has 0 atom stereocenters. The summed E-state index contributed by atoms with van der Waals surface area (Å²) in [6, 6.07) is 6.72. The Hall–Kier alpha value is -0.900. The summed E-state index contributed by atoms with van der Waals surface area (Å²) in [5.41, 5.74) is 0.456. The van der Waals surface area contributed by atoms with Crippen molar-refractivity contribution in [3.05, 3.63) is 51.9 Å². The van der Waals surface area contributed by atoms with Crippen LogP contribution in [0.5, 0.6) is 0 Å². The quantitative estimate of drug-likeness (QED) is 0.596. The molecular weight excluding hydrogens is 291 g/mol. The Morgan fingerprint density at radius 1 is 1.33 bits per heavy atom. The third-order valence-electron chi connectivity index (χ3n) is 2.40. The molecule has 0 aliphatic carbocycles. The number of Topliss-reactive ketones (excluding diaryl/α,β-unsaturated/α-hetero) is 1. The second-order valence-electron chi connectivity index (χ2n) is 3.68. The van der Waals surface area contributed by atoms with Gasteiger partial charge in [0.25, 0.3) is 0 Å². The maximum Gasteiger partial charge on any atom is 0.174 e. The van der Waals surface area contributed by atoms with E-state index in [4.69, 9.17) is 27.6 Å². The van der Waals surface area contributed by atoms with E-state index in [2.05, 4.69) is 0 Å². The number of hydrogen-bond acceptors (Lipinski definition) is 3. The fourth-order valence-electron chi connectivity index (χ4n) is 1.46. The van der Waals surface area contributed by atoms with Crippen molar-refractivity contribution in [1.82, 2.24) is 0 Å². The van der Waals surface area contributed by atoms with Gasteiger partial charge in [0.1, 0.15) is 5.76 Å². The van der Waals surface area contributed by atoms with Crippen LogP contribution in [0.25, 0.3) is 0 Å². The third kappa shape index (κ3) is 3.10. The highest BCUT2D eigenvalue weighted by Gasteiger charge is 2.12. The van der Waals surface area contributed by atoms with Gasteiger partial charge < -0.3 is 4.42 Å². The van der Waals surface area contributed by atoms with Crippen molar-refractivity contribution >= 4 is 40.7 Å². The normalized spacial score (nSPS) is 10.6. The zero-order valence-corrected chi connectivity index (χ0v) is 11.9. The molecule has 0 N–H and O–H groups in total. The molecule has 5 heteroatoms. The largest absolute Gasteiger partial charge is 0.468 e. The average molecular weight is 301 g/mol.